The minimum Gasteiger partial charge on any atom is -0.309 e. The second kappa shape index (κ2) is 24.8. The van der Waals surface area contributed by atoms with Gasteiger partial charge in [0.15, 0.2) is 0 Å². The third kappa shape index (κ3) is 10.5. The van der Waals surface area contributed by atoms with E-state index in [2.05, 4.69) is 18.7 Å². The first-order chi connectivity index (χ1) is 43.6. The lowest BCUT2D eigenvalue weighted by atomic mass is 9.59. The zero-order valence-electron chi connectivity index (χ0n) is 48.8. The van der Waals surface area contributed by atoms with Gasteiger partial charge in [0.25, 0.3) is 0 Å². The van der Waals surface area contributed by atoms with Crippen LogP contribution in [0.2, 0.25) is 0 Å². The Morgan fingerprint density at radius 1 is 0.348 bits per heavy atom. The lowest BCUT2D eigenvalue weighted by Gasteiger charge is -2.33. The lowest BCUT2D eigenvalue weighted by molar-refractivity contribution is 0.631. The summed E-state index contributed by atoms with van der Waals surface area (Å²) in [6.45, 7) is 4.36. The van der Waals surface area contributed by atoms with Crippen LogP contribution >= 0.6 is 0 Å². The third-order valence-corrected chi connectivity index (χ3v) is 16.7. The highest BCUT2D eigenvalue weighted by Gasteiger charge is 2.30. The molecule has 0 heterocycles. The van der Waals surface area contributed by atoms with Crippen molar-refractivity contribution in [1.82, 2.24) is 0 Å². The van der Waals surface area contributed by atoms with E-state index in [1.54, 1.807) is 58.3 Å². The Labute approximate surface area is 559 Å². The lowest BCUT2D eigenvalue weighted by Crippen LogP contribution is -2.55. The molecular formula is C66H22B20F2N4. The Bertz CT molecular complexity index is 5100. The van der Waals surface area contributed by atoms with Gasteiger partial charge in [0.2, 0.25) is 0 Å². The third-order valence-electron chi connectivity index (χ3n) is 16.7. The van der Waals surface area contributed by atoms with Crippen LogP contribution in [-0.2, 0) is 0 Å². The van der Waals surface area contributed by atoms with Crippen LogP contribution in [-0.4, -0.2) is 157 Å². The number of allylic oxidation sites excluding steroid dienone is 4. The van der Waals surface area contributed by atoms with E-state index in [-0.39, 0.29) is 160 Å². The zero-order chi connectivity index (χ0) is 66.5. The fourth-order valence-corrected chi connectivity index (χ4v) is 11.7. The van der Waals surface area contributed by atoms with Gasteiger partial charge in [-0.25, -0.2) is 8.78 Å². The van der Waals surface area contributed by atoms with Crippen molar-refractivity contribution in [2.45, 2.75) is 0 Å². The predicted octanol–water partition coefficient (Wildman–Crippen LogP) is -2.31. The Morgan fingerprint density at radius 2 is 0.674 bits per heavy atom. The van der Waals surface area contributed by atoms with Crippen LogP contribution in [0.1, 0.15) is 16.7 Å². The Morgan fingerprint density at radius 3 is 1.04 bits per heavy atom. The van der Waals surface area contributed by atoms with Gasteiger partial charge in [0.05, 0.1) is 61.7 Å². The number of benzene rings is 11. The average molecular weight is 1130 g/mol. The summed E-state index contributed by atoms with van der Waals surface area (Å²) in [4.78, 5) is 3.48. The van der Waals surface area contributed by atoms with E-state index in [1.807, 2.05) is 48.5 Å². The van der Waals surface area contributed by atoms with E-state index < -0.39 is 11.6 Å². The van der Waals surface area contributed by atoms with Gasteiger partial charge in [-0.05, 0) is 129 Å². The summed E-state index contributed by atoms with van der Waals surface area (Å²) in [6.07, 6.45) is 0. The largest absolute Gasteiger partial charge is 0.309 e. The smallest absolute Gasteiger partial charge is 0.133 e. The monoisotopic (exact) mass is 1130 g/mol. The molecule has 0 atom stereocenters. The van der Waals surface area contributed by atoms with Crippen molar-refractivity contribution in [3.63, 3.8) is 0 Å². The molecule has 11 aromatic carbocycles. The molecule has 11 aromatic rings. The van der Waals surface area contributed by atoms with E-state index in [9.17, 15) is 10.5 Å². The fraction of sp³-hybridized carbons (Fsp3) is 0. The first-order valence-corrected chi connectivity index (χ1v) is 27.6. The van der Waals surface area contributed by atoms with Crippen molar-refractivity contribution >= 4 is 311 Å². The molecule has 0 amide bonds. The number of nitriles is 2. The number of halogens is 2. The SMILES string of the molecule is [B]C([B])=C([B])/C([B])=C(/[B])C(=C)c1cc(-c2c([B])c([B])c([B])c([B])c2[B])c(F)cc1N(c1ccc(C#N)cc1)c1ccc2ccc3c(N(c4ccc(C#N)cc4)c4cc(F)c(-c5c([B])c([B])c([B])c([B])c5[B])cc4-c4c([B])c([B])c([B])c([B])c4[B])ccc4ccc1c2c43. The van der Waals surface area contributed by atoms with Gasteiger partial charge in [-0.3, -0.25) is 0 Å². The van der Waals surface area contributed by atoms with E-state index in [1.165, 1.54) is 24.3 Å². The van der Waals surface area contributed by atoms with E-state index in [0.29, 0.717) is 55.4 Å². The fourth-order valence-electron chi connectivity index (χ4n) is 11.7. The summed E-state index contributed by atoms with van der Waals surface area (Å²) < 4.78 is 35.7. The van der Waals surface area contributed by atoms with Crippen molar-refractivity contribution in [2.75, 3.05) is 9.80 Å². The summed E-state index contributed by atoms with van der Waals surface area (Å²) in [5, 5.41) is 23.8. The van der Waals surface area contributed by atoms with Gasteiger partial charge in [0.1, 0.15) is 153 Å². The molecule has 380 valence electrons. The van der Waals surface area contributed by atoms with Crippen LogP contribution in [0.4, 0.5) is 42.9 Å². The molecule has 92 heavy (non-hydrogen) atoms. The van der Waals surface area contributed by atoms with E-state index in [4.69, 9.17) is 157 Å². The average Bonchev–Trinajstić information content (AvgIpc) is 0.727. The molecule has 0 bridgehead atoms. The number of anilines is 6. The highest BCUT2D eigenvalue weighted by Crippen LogP contribution is 2.51. The molecule has 0 N–H and O–H groups in total. The Hall–Kier alpha value is -8.58. The van der Waals surface area contributed by atoms with Gasteiger partial charge in [-0.15, -0.1) is 60.1 Å². The predicted molar refractivity (Wildman–Crippen MR) is 398 cm³/mol. The van der Waals surface area contributed by atoms with Crippen LogP contribution in [0.25, 0.3) is 71.3 Å². The highest BCUT2D eigenvalue weighted by molar-refractivity contribution is 6.71. The van der Waals surface area contributed by atoms with Gasteiger partial charge < -0.3 is 9.80 Å². The van der Waals surface area contributed by atoms with Crippen molar-refractivity contribution in [3.05, 3.63) is 178 Å². The standard InChI is InChI=1S/C66H22B20F2N4/c1-24(48(67)55(74)65(84)66(85)86)33-18-34(45-49(68)56(75)62(81)57(76)50(45)69)37(87)20-41(33)91(29-10-2-25(22-89)3-11-29)39-16-8-27-7-15-32-40(17-9-28-6-14-31(39)43(27)44(28)32)92(30-12-4-26(23-90)5-13-30)42-21-38(88)35(46-51(70)58(77)63(82)59(78)52(46)71)19-36(42)47-53(72)60(79)64(83)61(80)54(47)73/h2-21H,1H2/b55-48-. The van der Waals surface area contributed by atoms with Crippen LogP contribution in [0.3, 0.4) is 0 Å². The molecular weight excluding hydrogens is 1100 g/mol. The number of nitrogens with zero attached hydrogens (tertiary/aromatic N) is 4. The maximum absolute atomic E-state index is 17.9. The van der Waals surface area contributed by atoms with Crippen LogP contribution < -0.4 is 91.7 Å². The van der Waals surface area contributed by atoms with E-state index in [0.717, 1.165) is 10.8 Å². The molecule has 0 unspecified atom stereocenters. The summed E-state index contributed by atoms with van der Waals surface area (Å²) in [7, 11) is 129. The molecule has 11 rings (SSSR count). The summed E-state index contributed by atoms with van der Waals surface area (Å²) in [5.41, 5.74) is -0.544. The molecule has 0 aliphatic carbocycles. The minimum absolute atomic E-state index is 0.00858. The summed E-state index contributed by atoms with van der Waals surface area (Å²) in [5.74, 6) is -1.76. The van der Waals surface area contributed by atoms with Crippen molar-refractivity contribution in [1.29, 1.82) is 10.5 Å². The first kappa shape index (κ1) is 64.9. The van der Waals surface area contributed by atoms with Crippen molar-refractivity contribution < 1.29 is 8.78 Å². The Kier molecular flexibility index (Phi) is 17.5. The molecule has 0 aromatic heterocycles. The van der Waals surface area contributed by atoms with Crippen LogP contribution in [0.5, 0.6) is 0 Å². The molecule has 0 fully saturated rings. The number of hydrogen-bond acceptors (Lipinski definition) is 4. The molecule has 0 aliphatic heterocycles. The van der Waals surface area contributed by atoms with Gasteiger partial charge >= 0.3 is 0 Å². The number of hydrogen-bond donors (Lipinski definition) is 0. The molecule has 4 nitrogen and oxygen atoms in total. The van der Waals surface area contributed by atoms with Gasteiger partial charge in [0, 0.05) is 44.4 Å². The van der Waals surface area contributed by atoms with Crippen LogP contribution in [0, 0.1) is 34.3 Å². The second-order valence-electron chi connectivity index (χ2n) is 21.8. The first-order valence-electron chi connectivity index (χ1n) is 27.6. The topological polar surface area (TPSA) is 54.1 Å². The quantitative estimate of drug-likeness (QED) is 0.0786. The Balaban J connectivity index is 1.24. The second-order valence-corrected chi connectivity index (χ2v) is 21.8. The van der Waals surface area contributed by atoms with Gasteiger partial charge in [-0.1, -0.05) is 81.2 Å². The summed E-state index contributed by atoms with van der Waals surface area (Å²) in [6, 6.07) is 37.7. The molecule has 0 saturated carbocycles. The van der Waals surface area contributed by atoms with Crippen molar-refractivity contribution in [3.8, 4) is 45.5 Å². The molecule has 40 radical (unpaired) electrons. The van der Waals surface area contributed by atoms with E-state index >= 15 is 8.78 Å². The molecule has 0 aliphatic rings. The maximum Gasteiger partial charge on any atom is 0.133 e. The zero-order valence-corrected chi connectivity index (χ0v) is 48.8. The highest BCUT2D eigenvalue weighted by atomic mass is 19.1. The van der Waals surface area contributed by atoms with Crippen molar-refractivity contribution in [2.24, 2.45) is 0 Å². The summed E-state index contributed by atoms with van der Waals surface area (Å²) >= 11 is 0. The number of rotatable bonds is 12. The molecule has 0 saturated heterocycles. The minimum atomic E-state index is -0.883. The maximum atomic E-state index is 17.9. The van der Waals surface area contributed by atoms with Crippen LogP contribution in [0.15, 0.2) is 150 Å². The normalized spacial score (nSPS) is 11.6. The molecule has 26 heteroatoms. The molecule has 0 spiro atoms. The van der Waals surface area contributed by atoms with Gasteiger partial charge in [-0.2, -0.15) is 15.9 Å².